The molecular formula is C10H11N5S. The van der Waals surface area contributed by atoms with E-state index in [2.05, 4.69) is 26.1 Å². The summed E-state index contributed by atoms with van der Waals surface area (Å²) < 4.78 is 0. The number of rotatable bonds is 1. The van der Waals surface area contributed by atoms with Crippen molar-refractivity contribution < 1.29 is 0 Å². The molecule has 0 amide bonds. The number of hydrogen-bond donors (Lipinski definition) is 1. The number of aryl methyl sites for hydroxylation is 1. The highest BCUT2D eigenvalue weighted by atomic mass is 32.1. The van der Waals surface area contributed by atoms with Crippen LogP contribution in [0.2, 0.25) is 0 Å². The molecule has 82 valence electrons. The molecule has 3 heterocycles. The van der Waals surface area contributed by atoms with Gasteiger partial charge in [-0.1, -0.05) is 11.3 Å². The average Bonchev–Trinajstić information content (AvgIpc) is 2.83. The van der Waals surface area contributed by atoms with Crippen molar-refractivity contribution in [1.82, 2.24) is 15.2 Å². The van der Waals surface area contributed by atoms with Gasteiger partial charge in [0.05, 0.1) is 0 Å². The maximum Gasteiger partial charge on any atom is 0.210 e. The zero-order chi connectivity index (χ0) is 11.1. The van der Waals surface area contributed by atoms with Gasteiger partial charge >= 0.3 is 0 Å². The van der Waals surface area contributed by atoms with E-state index in [4.69, 9.17) is 5.73 Å². The van der Waals surface area contributed by atoms with E-state index in [1.54, 1.807) is 0 Å². The minimum atomic E-state index is 0.514. The second kappa shape index (κ2) is 3.41. The van der Waals surface area contributed by atoms with Crippen LogP contribution in [0.15, 0.2) is 12.3 Å². The van der Waals surface area contributed by atoms with Gasteiger partial charge in [-0.3, -0.25) is 4.98 Å². The molecule has 1 aliphatic rings. The van der Waals surface area contributed by atoms with Gasteiger partial charge in [-0.05, 0) is 24.1 Å². The number of pyridine rings is 1. The lowest BCUT2D eigenvalue weighted by Crippen LogP contribution is -2.13. The molecule has 0 aromatic carbocycles. The maximum atomic E-state index is 5.58. The van der Waals surface area contributed by atoms with Crippen LogP contribution in [-0.4, -0.2) is 15.2 Å². The first-order valence-corrected chi connectivity index (χ1v) is 5.82. The van der Waals surface area contributed by atoms with Crippen LogP contribution < -0.4 is 10.6 Å². The minimum absolute atomic E-state index is 0.514. The van der Waals surface area contributed by atoms with Crippen molar-refractivity contribution in [2.75, 3.05) is 10.6 Å². The highest BCUT2D eigenvalue weighted by molar-refractivity contribution is 7.18. The summed E-state index contributed by atoms with van der Waals surface area (Å²) in [6, 6.07) is 2.12. The van der Waals surface area contributed by atoms with E-state index in [0.717, 1.165) is 23.9 Å². The van der Waals surface area contributed by atoms with E-state index < -0.39 is 0 Å². The molecule has 0 radical (unpaired) electrons. The largest absolute Gasteiger partial charge is 0.374 e. The van der Waals surface area contributed by atoms with Gasteiger partial charge in [0.25, 0.3) is 0 Å². The molecule has 5 nitrogen and oxygen atoms in total. The first kappa shape index (κ1) is 9.53. The Morgan fingerprint density at radius 2 is 2.12 bits per heavy atom. The zero-order valence-corrected chi connectivity index (χ0v) is 9.66. The lowest BCUT2D eigenvalue weighted by atomic mass is 10.2. The Hall–Kier alpha value is -1.69. The van der Waals surface area contributed by atoms with Crippen molar-refractivity contribution in [2.24, 2.45) is 0 Å². The van der Waals surface area contributed by atoms with Gasteiger partial charge in [-0.15, -0.1) is 10.2 Å². The Balaban J connectivity index is 1.90. The van der Waals surface area contributed by atoms with E-state index >= 15 is 0 Å². The standard InChI is InChI=1S/C10H11N5S/c1-6-2-7-4-15(5-8(7)3-12-6)10-14-13-9(11)16-10/h2-3H,4-5H2,1H3,(H2,11,13). The number of nitrogen functional groups attached to an aromatic ring is 1. The van der Waals surface area contributed by atoms with E-state index in [1.165, 1.54) is 22.5 Å². The van der Waals surface area contributed by atoms with Crippen molar-refractivity contribution in [3.63, 3.8) is 0 Å². The molecule has 0 aliphatic carbocycles. The van der Waals surface area contributed by atoms with E-state index in [1.807, 2.05) is 13.1 Å². The van der Waals surface area contributed by atoms with Gasteiger partial charge in [0.1, 0.15) is 0 Å². The molecule has 0 bridgehead atoms. The van der Waals surface area contributed by atoms with Gasteiger partial charge in [-0.2, -0.15) is 0 Å². The van der Waals surface area contributed by atoms with Crippen molar-refractivity contribution in [2.45, 2.75) is 20.0 Å². The lowest BCUT2D eigenvalue weighted by molar-refractivity contribution is 0.856. The summed E-state index contributed by atoms with van der Waals surface area (Å²) in [5, 5.41) is 9.28. The predicted molar refractivity (Wildman–Crippen MR) is 63.2 cm³/mol. The van der Waals surface area contributed by atoms with Crippen LogP contribution in [0.25, 0.3) is 0 Å². The predicted octanol–water partition coefficient (Wildman–Crippen LogP) is 1.34. The fraction of sp³-hybridized carbons (Fsp3) is 0.300. The summed E-state index contributed by atoms with van der Waals surface area (Å²) >= 11 is 1.42. The van der Waals surface area contributed by atoms with Crippen LogP contribution in [-0.2, 0) is 13.1 Å². The summed E-state index contributed by atoms with van der Waals surface area (Å²) in [5.74, 6) is 0. The van der Waals surface area contributed by atoms with Crippen LogP contribution >= 0.6 is 11.3 Å². The minimum Gasteiger partial charge on any atom is -0.374 e. The molecule has 2 aromatic rings. The van der Waals surface area contributed by atoms with Gasteiger partial charge in [0.2, 0.25) is 10.3 Å². The molecular weight excluding hydrogens is 222 g/mol. The first-order chi connectivity index (χ1) is 7.72. The normalized spacial score (nSPS) is 14.2. The molecule has 0 fully saturated rings. The molecule has 2 aromatic heterocycles. The first-order valence-electron chi connectivity index (χ1n) is 5.01. The lowest BCUT2D eigenvalue weighted by Gasteiger charge is -2.11. The summed E-state index contributed by atoms with van der Waals surface area (Å²) in [6.45, 7) is 3.72. The third-order valence-electron chi connectivity index (χ3n) is 2.64. The molecule has 0 saturated heterocycles. The smallest absolute Gasteiger partial charge is 0.210 e. The van der Waals surface area contributed by atoms with E-state index in [0.29, 0.717) is 5.13 Å². The van der Waals surface area contributed by atoms with Gasteiger partial charge in [0.15, 0.2) is 0 Å². The Kier molecular flexibility index (Phi) is 2.03. The summed E-state index contributed by atoms with van der Waals surface area (Å²) in [4.78, 5) is 6.47. The zero-order valence-electron chi connectivity index (χ0n) is 8.84. The topological polar surface area (TPSA) is 67.9 Å². The number of hydrogen-bond acceptors (Lipinski definition) is 6. The molecule has 0 spiro atoms. The molecule has 0 saturated carbocycles. The molecule has 0 unspecified atom stereocenters. The van der Waals surface area contributed by atoms with Gasteiger partial charge < -0.3 is 10.6 Å². The van der Waals surface area contributed by atoms with Crippen LogP contribution in [0.4, 0.5) is 10.3 Å². The molecule has 0 atom stereocenters. The van der Waals surface area contributed by atoms with Crippen LogP contribution in [0.1, 0.15) is 16.8 Å². The Labute approximate surface area is 96.9 Å². The molecule has 16 heavy (non-hydrogen) atoms. The van der Waals surface area contributed by atoms with E-state index in [-0.39, 0.29) is 0 Å². The summed E-state index contributed by atoms with van der Waals surface area (Å²) in [6.07, 6.45) is 1.94. The van der Waals surface area contributed by atoms with Crippen molar-refractivity contribution in [1.29, 1.82) is 0 Å². The second-order valence-electron chi connectivity index (χ2n) is 3.87. The SMILES string of the molecule is Cc1cc2c(cn1)CN(c1nnc(N)s1)C2. The Bertz CT molecular complexity index is 536. The Morgan fingerprint density at radius 1 is 1.31 bits per heavy atom. The fourth-order valence-electron chi connectivity index (χ4n) is 1.89. The van der Waals surface area contributed by atoms with E-state index in [9.17, 15) is 0 Å². The van der Waals surface area contributed by atoms with Gasteiger partial charge in [-0.25, -0.2) is 0 Å². The highest BCUT2D eigenvalue weighted by Gasteiger charge is 2.22. The monoisotopic (exact) mass is 233 g/mol. The third kappa shape index (κ3) is 1.51. The number of anilines is 2. The van der Waals surface area contributed by atoms with Gasteiger partial charge in [0, 0.05) is 25.0 Å². The highest BCUT2D eigenvalue weighted by Crippen LogP contribution is 2.30. The maximum absolute atomic E-state index is 5.58. The average molecular weight is 233 g/mol. The fourth-order valence-corrected chi connectivity index (χ4v) is 2.50. The van der Waals surface area contributed by atoms with Crippen LogP contribution in [0.5, 0.6) is 0 Å². The second-order valence-corrected chi connectivity index (χ2v) is 4.86. The van der Waals surface area contributed by atoms with Crippen molar-refractivity contribution in [3.05, 3.63) is 29.1 Å². The molecule has 6 heteroatoms. The number of nitrogens with zero attached hydrogens (tertiary/aromatic N) is 4. The quantitative estimate of drug-likeness (QED) is 0.805. The third-order valence-corrected chi connectivity index (χ3v) is 3.46. The molecule has 1 aliphatic heterocycles. The number of fused-ring (bicyclic) bond motifs is 1. The summed E-state index contributed by atoms with van der Waals surface area (Å²) in [7, 11) is 0. The van der Waals surface area contributed by atoms with Crippen LogP contribution in [0, 0.1) is 6.92 Å². The van der Waals surface area contributed by atoms with Crippen molar-refractivity contribution in [3.8, 4) is 0 Å². The Morgan fingerprint density at radius 3 is 2.88 bits per heavy atom. The number of nitrogens with two attached hydrogens (primary N) is 1. The molecule has 2 N–H and O–H groups in total. The summed E-state index contributed by atoms with van der Waals surface area (Å²) in [5.41, 5.74) is 9.22. The van der Waals surface area contributed by atoms with Crippen molar-refractivity contribution >= 4 is 21.6 Å². The van der Waals surface area contributed by atoms with Crippen LogP contribution in [0.3, 0.4) is 0 Å². The number of aromatic nitrogens is 3. The molecule has 3 rings (SSSR count).